The number of likely N-dealkylation sites (tertiary alicyclic amines) is 1. The van der Waals surface area contributed by atoms with Crippen LogP contribution in [0.25, 0.3) is 10.9 Å². The van der Waals surface area contributed by atoms with Gasteiger partial charge >= 0.3 is 0 Å². The van der Waals surface area contributed by atoms with Crippen molar-refractivity contribution in [2.24, 2.45) is 5.92 Å². The van der Waals surface area contributed by atoms with Crippen molar-refractivity contribution in [3.63, 3.8) is 0 Å². The highest BCUT2D eigenvalue weighted by molar-refractivity contribution is 5.89. The molecule has 2 aliphatic rings. The molecule has 0 radical (unpaired) electrons. The minimum atomic E-state index is -0.0624. The number of nitrogens with one attached hydrogen (secondary N) is 2. The van der Waals surface area contributed by atoms with Crippen LogP contribution < -0.4 is 5.32 Å². The van der Waals surface area contributed by atoms with Gasteiger partial charge in [0.25, 0.3) is 0 Å². The molecule has 27 heavy (non-hydrogen) atoms. The van der Waals surface area contributed by atoms with Crippen molar-refractivity contribution in [1.82, 2.24) is 15.2 Å². The van der Waals surface area contributed by atoms with E-state index in [9.17, 15) is 9.59 Å². The lowest BCUT2D eigenvalue weighted by Crippen LogP contribution is -2.48. The molecule has 4 rings (SSSR count). The summed E-state index contributed by atoms with van der Waals surface area (Å²) < 4.78 is 0. The second-order valence-electron chi connectivity index (χ2n) is 8.06. The Labute approximate surface area is 160 Å². The molecule has 1 aromatic heterocycles. The fourth-order valence-corrected chi connectivity index (χ4v) is 4.54. The zero-order chi connectivity index (χ0) is 18.6. The molecule has 1 saturated carbocycles. The summed E-state index contributed by atoms with van der Waals surface area (Å²) in [6.45, 7) is 1.31. The van der Waals surface area contributed by atoms with Gasteiger partial charge in [-0.05, 0) is 37.3 Å². The lowest BCUT2D eigenvalue weighted by molar-refractivity contribution is -0.135. The quantitative estimate of drug-likeness (QED) is 0.870. The normalized spacial score (nSPS) is 21.3. The Morgan fingerprint density at radius 1 is 1.07 bits per heavy atom. The fourth-order valence-electron chi connectivity index (χ4n) is 4.54. The van der Waals surface area contributed by atoms with Crippen LogP contribution in [0.3, 0.4) is 0 Å². The third-order valence-electron chi connectivity index (χ3n) is 6.11. The molecule has 1 aliphatic heterocycles. The van der Waals surface area contributed by atoms with Gasteiger partial charge in [-0.15, -0.1) is 0 Å². The van der Waals surface area contributed by atoms with Crippen molar-refractivity contribution in [2.45, 2.75) is 57.4 Å². The number of aromatic amines is 1. The van der Waals surface area contributed by atoms with Crippen LogP contribution in [-0.2, 0) is 16.0 Å². The average Bonchev–Trinajstić information content (AvgIpc) is 3.12. The second kappa shape index (κ2) is 8.15. The summed E-state index contributed by atoms with van der Waals surface area (Å²) in [5.41, 5.74) is 2.09. The number of piperidine rings is 1. The molecule has 5 nitrogen and oxygen atoms in total. The van der Waals surface area contributed by atoms with Crippen molar-refractivity contribution in [3.05, 3.63) is 36.0 Å². The molecule has 5 heteroatoms. The van der Waals surface area contributed by atoms with Crippen LogP contribution in [0.2, 0.25) is 0 Å². The highest BCUT2D eigenvalue weighted by Crippen LogP contribution is 2.23. The van der Waals surface area contributed by atoms with E-state index < -0.39 is 0 Å². The number of carbonyl (C=O) groups excluding carboxylic acids is 2. The van der Waals surface area contributed by atoms with Gasteiger partial charge in [0.2, 0.25) is 11.8 Å². The number of amides is 2. The molecule has 0 bridgehead atoms. The Balaban J connectivity index is 1.35. The van der Waals surface area contributed by atoms with Gasteiger partial charge in [0, 0.05) is 36.2 Å². The maximum atomic E-state index is 12.8. The number of nitrogens with zero attached hydrogens (tertiary/aromatic N) is 1. The van der Waals surface area contributed by atoms with E-state index in [0.29, 0.717) is 19.0 Å². The third-order valence-corrected chi connectivity index (χ3v) is 6.11. The Morgan fingerprint density at radius 3 is 2.74 bits per heavy atom. The van der Waals surface area contributed by atoms with Crippen LogP contribution >= 0.6 is 0 Å². The number of hydrogen-bond acceptors (Lipinski definition) is 2. The minimum absolute atomic E-state index is 0.0624. The number of hydrogen-bond donors (Lipinski definition) is 2. The van der Waals surface area contributed by atoms with E-state index in [-0.39, 0.29) is 17.7 Å². The Hall–Kier alpha value is -2.30. The fraction of sp³-hybridized carbons (Fsp3) is 0.545. The molecule has 2 N–H and O–H groups in total. The van der Waals surface area contributed by atoms with E-state index in [1.165, 1.54) is 19.3 Å². The highest BCUT2D eigenvalue weighted by Gasteiger charge is 2.30. The standard InChI is InChI=1S/C22H29N3O2/c26-21(13-17-14-23-20-11-5-4-10-19(17)20)25-12-6-7-16(15-25)22(27)24-18-8-2-1-3-9-18/h4-5,10-11,14,16,18,23H,1-3,6-9,12-13,15H2,(H,24,27)/t16-/m1/s1. The lowest BCUT2D eigenvalue weighted by Gasteiger charge is -2.33. The molecule has 1 aliphatic carbocycles. The van der Waals surface area contributed by atoms with Gasteiger partial charge < -0.3 is 15.2 Å². The van der Waals surface area contributed by atoms with E-state index in [4.69, 9.17) is 0 Å². The number of fused-ring (bicyclic) bond motifs is 1. The van der Waals surface area contributed by atoms with Crippen molar-refractivity contribution in [1.29, 1.82) is 0 Å². The highest BCUT2D eigenvalue weighted by atomic mass is 16.2. The smallest absolute Gasteiger partial charge is 0.227 e. The van der Waals surface area contributed by atoms with Crippen LogP contribution in [0.5, 0.6) is 0 Å². The van der Waals surface area contributed by atoms with Crippen LogP contribution in [0.15, 0.2) is 30.5 Å². The first kappa shape index (κ1) is 18.1. The minimum Gasteiger partial charge on any atom is -0.361 e. The zero-order valence-corrected chi connectivity index (χ0v) is 15.9. The van der Waals surface area contributed by atoms with E-state index in [1.54, 1.807) is 0 Å². The van der Waals surface area contributed by atoms with Gasteiger partial charge in [0.15, 0.2) is 0 Å². The first-order valence-electron chi connectivity index (χ1n) is 10.3. The zero-order valence-electron chi connectivity index (χ0n) is 15.9. The number of rotatable bonds is 4. The molecular formula is C22H29N3O2. The van der Waals surface area contributed by atoms with Gasteiger partial charge in [-0.3, -0.25) is 9.59 Å². The molecule has 144 valence electrons. The summed E-state index contributed by atoms with van der Waals surface area (Å²) in [5, 5.41) is 4.34. The van der Waals surface area contributed by atoms with E-state index in [2.05, 4.69) is 10.3 Å². The van der Waals surface area contributed by atoms with Crippen molar-refractivity contribution in [3.8, 4) is 0 Å². The van der Waals surface area contributed by atoms with Gasteiger partial charge in [0.05, 0.1) is 12.3 Å². The Morgan fingerprint density at radius 2 is 1.89 bits per heavy atom. The summed E-state index contributed by atoms with van der Waals surface area (Å²) in [6, 6.07) is 8.39. The Bertz CT molecular complexity index is 807. The third kappa shape index (κ3) is 4.18. The van der Waals surface area contributed by atoms with Crippen LogP contribution in [0.1, 0.15) is 50.5 Å². The molecule has 1 atom stereocenters. The van der Waals surface area contributed by atoms with Crippen molar-refractivity contribution >= 4 is 22.7 Å². The topological polar surface area (TPSA) is 65.2 Å². The predicted octanol–water partition coefficient (Wildman–Crippen LogP) is 3.40. The van der Waals surface area contributed by atoms with Crippen LogP contribution in [0, 0.1) is 5.92 Å². The summed E-state index contributed by atoms with van der Waals surface area (Å²) >= 11 is 0. The van der Waals surface area contributed by atoms with E-state index in [0.717, 1.165) is 48.7 Å². The van der Waals surface area contributed by atoms with Gasteiger partial charge in [-0.2, -0.15) is 0 Å². The average molecular weight is 367 g/mol. The Kier molecular flexibility index (Phi) is 5.46. The number of para-hydroxylation sites is 1. The molecule has 2 aromatic rings. The molecule has 2 amide bonds. The van der Waals surface area contributed by atoms with E-state index in [1.807, 2.05) is 35.4 Å². The van der Waals surface area contributed by atoms with Crippen LogP contribution in [0.4, 0.5) is 0 Å². The number of aromatic nitrogens is 1. The molecule has 1 aromatic carbocycles. The summed E-state index contributed by atoms with van der Waals surface area (Å²) in [6.07, 6.45) is 10.0. The van der Waals surface area contributed by atoms with Gasteiger partial charge in [0.1, 0.15) is 0 Å². The second-order valence-corrected chi connectivity index (χ2v) is 8.06. The van der Waals surface area contributed by atoms with Gasteiger partial charge in [-0.1, -0.05) is 37.5 Å². The monoisotopic (exact) mass is 367 g/mol. The predicted molar refractivity (Wildman–Crippen MR) is 106 cm³/mol. The first-order valence-corrected chi connectivity index (χ1v) is 10.3. The largest absolute Gasteiger partial charge is 0.361 e. The van der Waals surface area contributed by atoms with Crippen molar-refractivity contribution < 1.29 is 9.59 Å². The molecule has 2 fully saturated rings. The molecule has 2 heterocycles. The molecule has 0 spiro atoms. The number of carbonyl (C=O) groups is 2. The molecule has 0 unspecified atom stereocenters. The maximum Gasteiger partial charge on any atom is 0.227 e. The molecule has 1 saturated heterocycles. The van der Waals surface area contributed by atoms with Crippen molar-refractivity contribution in [2.75, 3.05) is 13.1 Å². The maximum absolute atomic E-state index is 12.8. The summed E-state index contributed by atoms with van der Waals surface area (Å²) in [7, 11) is 0. The first-order chi connectivity index (χ1) is 13.2. The lowest BCUT2D eigenvalue weighted by atomic mass is 9.93. The van der Waals surface area contributed by atoms with E-state index >= 15 is 0 Å². The van der Waals surface area contributed by atoms with Crippen LogP contribution in [-0.4, -0.2) is 40.8 Å². The summed E-state index contributed by atoms with van der Waals surface area (Å²) in [4.78, 5) is 30.6. The number of benzene rings is 1. The SMILES string of the molecule is O=C(NC1CCCCC1)[C@@H]1CCCN(C(=O)Cc2c[nH]c3ccccc23)C1. The van der Waals surface area contributed by atoms with Gasteiger partial charge in [-0.25, -0.2) is 0 Å². The molecular weight excluding hydrogens is 338 g/mol. The number of H-pyrrole nitrogens is 1. The summed E-state index contributed by atoms with van der Waals surface area (Å²) in [5.74, 6) is 0.203.